The number of ether oxygens (including phenoxy) is 1. The second-order valence-electron chi connectivity index (χ2n) is 5.21. The third-order valence-electron chi connectivity index (χ3n) is 3.32. The van der Waals surface area contributed by atoms with Gasteiger partial charge in [-0.2, -0.15) is 5.10 Å². The van der Waals surface area contributed by atoms with Crippen LogP contribution in [0.1, 0.15) is 12.0 Å². The van der Waals surface area contributed by atoms with E-state index in [0.717, 1.165) is 31.2 Å². The van der Waals surface area contributed by atoms with Crippen LogP contribution in [0.5, 0.6) is 5.75 Å². The Hall–Kier alpha value is -1.77. The van der Waals surface area contributed by atoms with Crippen molar-refractivity contribution in [2.45, 2.75) is 19.9 Å². The Morgan fingerprint density at radius 2 is 1.96 bits per heavy atom. The maximum Gasteiger partial charge on any atom is 0.191 e. The molecule has 0 aliphatic heterocycles. The molecule has 0 bridgehead atoms. The quantitative estimate of drug-likeness (QED) is 0.285. The summed E-state index contributed by atoms with van der Waals surface area (Å²) >= 11 is 0. The molecule has 0 saturated carbocycles. The number of halogens is 1. The first-order valence-corrected chi connectivity index (χ1v) is 7.89. The number of guanidine groups is 1. The number of nitrogens with one attached hydrogen (secondary N) is 2. The molecule has 2 N–H and O–H groups in total. The van der Waals surface area contributed by atoms with Gasteiger partial charge in [0.25, 0.3) is 0 Å². The summed E-state index contributed by atoms with van der Waals surface area (Å²) in [4.78, 5) is 4.20. The van der Waals surface area contributed by atoms with Crippen molar-refractivity contribution in [3.63, 3.8) is 0 Å². The number of rotatable bonds is 8. The Kier molecular flexibility index (Phi) is 9.90. The summed E-state index contributed by atoms with van der Waals surface area (Å²) in [6, 6.07) is 9.99. The lowest BCUT2D eigenvalue weighted by Crippen LogP contribution is -2.39. The van der Waals surface area contributed by atoms with Crippen LogP contribution in [0.3, 0.4) is 0 Å². The van der Waals surface area contributed by atoms with Crippen LogP contribution in [0, 0.1) is 6.92 Å². The Balaban J connectivity index is 0.00000288. The number of aliphatic imine (C=N–C) groups is 1. The van der Waals surface area contributed by atoms with Crippen molar-refractivity contribution < 1.29 is 4.74 Å². The largest absolute Gasteiger partial charge is 0.492 e. The van der Waals surface area contributed by atoms with E-state index in [1.807, 2.05) is 41.2 Å². The van der Waals surface area contributed by atoms with Crippen LogP contribution >= 0.6 is 24.0 Å². The second kappa shape index (κ2) is 11.7. The number of nitrogens with zero attached hydrogens (tertiary/aromatic N) is 3. The zero-order valence-electron chi connectivity index (χ0n) is 14.2. The molecule has 24 heavy (non-hydrogen) atoms. The fourth-order valence-electron chi connectivity index (χ4n) is 2.07. The Morgan fingerprint density at radius 3 is 2.62 bits per heavy atom. The van der Waals surface area contributed by atoms with Gasteiger partial charge < -0.3 is 15.4 Å². The highest BCUT2D eigenvalue weighted by atomic mass is 127. The highest BCUT2D eigenvalue weighted by molar-refractivity contribution is 14.0. The number of hydrogen-bond donors (Lipinski definition) is 2. The lowest BCUT2D eigenvalue weighted by Gasteiger charge is -2.12. The molecule has 0 aliphatic rings. The molecule has 7 heteroatoms. The van der Waals surface area contributed by atoms with Gasteiger partial charge in [-0.1, -0.05) is 17.7 Å². The maximum atomic E-state index is 5.67. The summed E-state index contributed by atoms with van der Waals surface area (Å²) in [6.45, 7) is 5.10. The van der Waals surface area contributed by atoms with E-state index in [9.17, 15) is 0 Å². The molecular formula is C17H26IN5O. The first-order valence-electron chi connectivity index (χ1n) is 7.89. The number of benzene rings is 1. The van der Waals surface area contributed by atoms with Crippen LogP contribution in [0.4, 0.5) is 0 Å². The van der Waals surface area contributed by atoms with Gasteiger partial charge in [0, 0.05) is 32.5 Å². The van der Waals surface area contributed by atoms with Gasteiger partial charge >= 0.3 is 0 Å². The Morgan fingerprint density at radius 1 is 1.21 bits per heavy atom. The molecule has 2 aromatic rings. The third-order valence-corrected chi connectivity index (χ3v) is 3.32. The van der Waals surface area contributed by atoms with E-state index in [0.29, 0.717) is 13.2 Å². The fraction of sp³-hybridized carbons (Fsp3) is 0.412. The summed E-state index contributed by atoms with van der Waals surface area (Å²) < 4.78 is 7.60. The molecule has 0 unspecified atom stereocenters. The monoisotopic (exact) mass is 443 g/mol. The van der Waals surface area contributed by atoms with Crippen LogP contribution in [-0.4, -0.2) is 42.5 Å². The van der Waals surface area contributed by atoms with E-state index < -0.39 is 0 Å². The van der Waals surface area contributed by atoms with Crippen molar-refractivity contribution in [3.05, 3.63) is 48.3 Å². The fourth-order valence-corrected chi connectivity index (χ4v) is 2.07. The predicted molar refractivity (Wildman–Crippen MR) is 108 cm³/mol. The highest BCUT2D eigenvalue weighted by Crippen LogP contribution is 2.10. The lowest BCUT2D eigenvalue weighted by atomic mass is 10.2. The standard InChI is InChI=1S/C17H25N5O.HI/c1-15-5-7-16(8-6-15)23-14-11-20-17(18-2)19-9-3-12-22-13-4-10-21-22;/h4-8,10,13H,3,9,11-12,14H2,1-2H3,(H2,18,19,20);1H. The summed E-state index contributed by atoms with van der Waals surface area (Å²) in [5.74, 6) is 1.68. The average molecular weight is 443 g/mol. The molecule has 0 radical (unpaired) electrons. The van der Waals surface area contributed by atoms with Gasteiger partial charge in [0.2, 0.25) is 0 Å². The minimum atomic E-state index is 0. The van der Waals surface area contributed by atoms with Crippen molar-refractivity contribution in [2.75, 3.05) is 26.7 Å². The van der Waals surface area contributed by atoms with E-state index in [2.05, 4.69) is 27.6 Å². The molecule has 0 atom stereocenters. The first kappa shape index (κ1) is 20.3. The van der Waals surface area contributed by atoms with Gasteiger partial charge in [-0.3, -0.25) is 9.67 Å². The molecule has 2 rings (SSSR count). The average Bonchev–Trinajstić information content (AvgIpc) is 3.08. The number of hydrogen-bond acceptors (Lipinski definition) is 3. The lowest BCUT2D eigenvalue weighted by molar-refractivity contribution is 0.322. The minimum Gasteiger partial charge on any atom is -0.492 e. The normalized spacial score (nSPS) is 10.8. The van der Waals surface area contributed by atoms with Gasteiger partial charge in [-0.25, -0.2) is 0 Å². The molecule has 1 aromatic heterocycles. The Labute approximate surface area is 160 Å². The molecule has 0 fully saturated rings. The highest BCUT2D eigenvalue weighted by Gasteiger charge is 1.98. The molecule has 1 heterocycles. The van der Waals surface area contributed by atoms with Gasteiger partial charge in [-0.05, 0) is 31.5 Å². The molecule has 0 spiro atoms. The summed E-state index contributed by atoms with van der Waals surface area (Å²) in [5, 5.41) is 10.7. The maximum absolute atomic E-state index is 5.67. The topological polar surface area (TPSA) is 63.5 Å². The van der Waals surface area contributed by atoms with Gasteiger partial charge in [0.15, 0.2) is 5.96 Å². The van der Waals surface area contributed by atoms with E-state index >= 15 is 0 Å². The van der Waals surface area contributed by atoms with Crippen LogP contribution in [-0.2, 0) is 6.54 Å². The van der Waals surface area contributed by atoms with Crippen molar-refractivity contribution in [3.8, 4) is 5.75 Å². The van der Waals surface area contributed by atoms with E-state index in [1.54, 1.807) is 13.2 Å². The molecule has 6 nitrogen and oxygen atoms in total. The van der Waals surface area contributed by atoms with Crippen LogP contribution in [0.15, 0.2) is 47.7 Å². The van der Waals surface area contributed by atoms with Gasteiger partial charge in [-0.15, -0.1) is 24.0 Å². The molecule has 132 valence electrons. The summed E-state index contributed by atoms with van der Waals surface area (Å²) in [6.07, 6.45) is 4.75. The van der Waals surface area contributed by atoms with Crippen molar-refractivity contribution in [1.29, 1.82) is 0 Å². The number of aryl methyl sites for hydroxylation is 2. The van der Waals surface area contributed by atoms with Crippen LogP contribution in [0.25, 0.3) is 0 Å². The molecule has 0 saturated heterocycles. The van der Waals surface area contributed by atoms with E-state index in [1.165, 1.54) is 5.56 Å². The minimum absolute atomic E-state index is 0. The van der Waals surface area contributed by atoms with E-state index in [-0.39, 0.29) is 24.0 Å². The SMILES string of the molecule is CN=C(NCCCn1cccn1)NCCOc1ccc(C)cc1.I. The van der Waals surface area contributed by atoms with Crippen molar-refractivity contribution >= 4 is 29.9 Å². The summed E-state index contributed by atoms with van der Waals surface area (Å²) in [7, 11) is 1.77. The molecular weight excluding hydrogens is 417 g/mol. The third kappa shape index (κ3) is 7.67. The van der Waals surface area contributed by atoms with Crippen molar-refractivity contribution in [1.82, 2.24) is 20.4 Å². The van der Waals surface area contributed by atoms with E-state index in [4.69, 9.17) is 4.74 Å². The Bertz CT molecular complexity index is 584. The van der Waals surface area contributed by atoms with Crippen molar-refractivity contribution in [2.24, 2.45) is 4.99 Å². The predicted octanol–water partition coefficient (Wildman–Crippen LogP) is 2.44. The number of aromatic nitrogens is 2. The van der Waals surface area contributed by atoms with Gasteiger partial charge in [0.05, 0.1) is 6.54 Å². The first-order chi connectivity index (χ1) is 11.3. The zero-order valence-corrected chi connectivity index (χ0v) is 16.6. The second-order valence-corrected chi connectivity index (χ2v) is 5.21. The molecule has 0 amide bonds. The van der Waals surface area contributed by atoms with Crippen LogP contribution in [0.2, 0.25) is 0 Å². The van der Waals surface area contributed by atoms with Gasteiger partial charge in [0.1, 0.15) is 12.4 Å². The van der Waals surface area contributed by atoms with Crippen LogP contribution < -0.4 is 15.4 Å². The zero-order chi connectivity index (χ0) is 16.3. The molecule has 1 aromatic carbocycles. The molecule has 0 aliphatic carbocycles. The smallest absolute Gasteiger partial charge is 0.191 e. The summed E-state index contributed by atoms with van der Waals surface area (Å²) in [5.41, 5.74) is 1.23.